The molecule has 2 aliphatic heterocycles. The van der Waals surface area contributed by atoms with Gasteiger partial charge < -0.3 is 19.4 Å². The molecule has 0 bridgehead atoms. The van der Waals surface area contributed by atoms with E-state index in [0.29, 0.717) is 34.9 Å². The van der Waals surface area contributed by atoms with Crippen LogP contribution in [0.25, 0.3) is 0 Å². The molecule has 9 heteroatoms. The van der Waals surface area contributed by atoms with Gasteiger partial charge in [-0.25, -0.2) is 9.78 Å². The van der Waals surface area contributed by atoms with Gasteiger partial charge in [0.1, 0.15) is 12.4 Å². The molecule has 0 spiro atoms. The molecule has 0 radical (unpaired) electrons. The van der Waals surface area contributed by atoms with Crippen LogP contribution in [-0.2, 0) is 23.5 Å². The predicted octanol–water partition coefficient (Wildman–Crippen LogP) is 2.25. The number of benzene rings is 2. The van der Waals surface area contributed by atoms with Crippen molar-refractivity contribution in [1.29, 1.82) is 0 Å². The molecule has 1 saturated heterocycles. The number of fused-ring (bicyclic) bond motifs is 1. The molecule has 3 aromatic rings. The van der Waals surface area contributed by atoms with Gasteiger partial charge in [0.2, 0.25) is 0 Å². The largest absolute Gasteiger partial charge is 0.485 e. The first-order valence-corrected chi connectivity index (χ1v) is 10.1. The van der Waals surface area contributed by atoms with Crippen molar-refractivity contribution >= 4 is 17.8 Å². The number of amides is 4. The number of oxazole rings is 1. The van der Waals surface area contributed by atoms with Gasteiger partial charge in [-0.15, -0.1) is 0 Å². The first-order valence-electron chi connectivity index (χ1n) is 10.1. The highest BCUT2D eigenvalue weighted by Gasteiger charge is 2.51. The number of imide groups is 1. The highest BCUT2D eigenvalue weighted by Crippen LogP contribution is 2.36. The van der Waals surface area contributed by atoms with E-state index < -0.39 is 17.5 Å². The average Bonchev–Trinajstić information content (AvgIpc) is 3.43. The number of ether oxygens (including phenoxy) is 1. The lowest BCUT2D eigenvalue weighted by Crippen LogP contribution is -2.52. The fraction of sp³-hybridized carbons (Fsp3) is 0.217. The van der Waals surface area contributed by atoms with Gasteiger partial charge in [-0.3, -0.25) is 14.9 Å². The summed E-state index contributed by atoms with van der Waals surface area (Å²) in [6, 6.07) is 13.6. The molecule has 4 amide bonds. The van der Waals surface area contributed by atoms with Crippen molar-refractivity contribution in [1.82, 2.24) is 20.5 Å². The Bertz CT molecular complexity index is 1240. The quantitative estimate of drug-likeness (QED) is 0.578. The Morgan fingerprint density at radius 3 is 2.62 bits per heavy atom. The zero-order chi connectivity index (χ0) is 22.3. The van der Waals surface area contributed by atoms with E-state index in [9.17, 15) is 14.4 Å². The van der Waals surface area contributed by atoms with E-state index in [1.807, 2.05) is 12.1 Å². The minimum atomic E-state index is -1.50. The lowest BCUT2D eigenvalue weighted by Gasteiger charge is -2.32. The molecular formula is C23H20N4O5. The van der Waals surface area contributed by atoms with Crippen molar-refractivity contribution in [2.45, 2.75) is 25.6 Å². The standard InChI is InChI=1S/C23H20N4O5/c1-14-19(32-13-24-14)11-31-18-9-5-4-8-17(18)23(21(29)25-22(30)26-23)12-27-10-15-6-2-3-7-16(15)20(27)28/h2-9,13H,10-12H2,1H3,(H2,25,26,29,30). The molecule has 9 nitrogen and oxygen atoms in total. The Morgan fingerprint density at radius 2 is 1.91 bits per heavy atom. The van der Waals surface area contributed by atoms with Crippen LogP contribution in [0.4, 0.5) is 4.79 Å². The van der Waals surface area contributed by atoms with Crippen molar-refractivity contribution in [3.8, 4) is 5.75 Å². The molecule has 1 unspecified atom stereocenters. The highest BCUT2D eigenvalue weighted by atomic mass is 16.5. The summed E-state index contributed by atoms with van der Waals surface area (Å²) in [7, 11) is 0. The maximum absolute atomic E-state index is 13.1. The Morgan fingerprint density at radius 1 is 1.12 bits per heavy atom. The van der Waals surface area contributed by atoms with E-state index >= 15 is 0 Å². The van der Waals surface area contributed by atoms with Crippen LogP contribution in [0.1, 0.15) is 32.9 Å². The Balaban J connectivity index is 1.50. The predicted molar refractivity (Wildman–Crippen MR) is 112 cm³/mol. The van der Waals surface area contributed by atoms with Gasteiger partial charge in [0.05, 0.1) is 12.2 Å². The van der Waals surface area contributed by atoms with Gasteiger partial charge in [-0.2, -0.15) is 0 Å². The molecule has 2 aliphatic rings. The summed E-state index contributed by atoms with van der Waals surface area (Å²) in [5.74, 6) is 0.214. The monoisotopic (exact) mass is 432 g/mol. The number of rotatable bonds is 6. The van der Waals surface area contributed by atoms with Crippen LogP contribution < -0.4 is 15.4 Å². The number of hydrogen-bond acceptors (Lipinski definition) is 6. The molecule has 3 heterocycles. The summed E-state index contributed by atoms with van der Waals surface area (Å²) >= 11 is 0. The fourth-order valence-corrected chi connectivity index (χ4v) is 4.16. The topological polar surface area (TPSA) is 114 Å². The van der Waals surface area contributed by atoms with E-state index in [1.54, 1.807) is 48.2 Å². The van der Waals surface area contributed by atoms with E-state index in [2.05, 4.69) is 15.6 Å². The summed E-state index contributed by atoms with van der Waals surface area (Å²) in [6.45, 7) is 2.21. The van der Waals surface area contributed by atoms with Crippen LogP contribution in [-0.4, -0.2) is 34.3 Å². The number of nitrogens with zero attached hydrogens (tertiary/aromatic N) is 2. The number of aromatic nitrogens is 1. The number of urea groups is 1. The minimum Gasteiger partial charge on any atom is -0.485 e. The molecule has 32 heavy (non-hydrogen) atoms. The molecule has 1 fully saturated rings. The molecule has 5 rings (SSSR count). The Kier molecular flexibility index (Phi) is 4.66. The van der Waals surface area contributed by atoms with Crippen LogP contribution in [0.3, 0.4) is 0 Å². The third kappa shape index (κ3) is 3.18. The first kappa shape index (κ1) is 19.8. The van der Waals surface area contributed by atoms with Gasteiger partial charge in [-0.05, 0) is 24.6 Å². The number of hydrogen-bond donors (Lipinski definition) is 2. The lowest BCUT2D eigenvalue weighted by atomic mass is 9.88. The zero-order valence-electron chi connectivity index (χ0n) is 17.3. The van der Waals surface area contributed by atoms with Crippen LogP contribution in [0.2, 0.25) is 0 Å². The van der Waals surface area contributed by atoms with Crippen molar-refractivity contribution in [2.24, 2.45) is 0 Å². The SMILES string of the molecule is Cc1ncoc1COc1ccccc1C1(CN2Cc3ccccc3C2=O)NC(=O)NC1=O. The van der Waals surface area contributed by atoms with Crippen molar-refractivity contribution in [3.63, 3.8) is 0 Å². The number of aryl methyl sites for hydroxylation is 1. The smallest absolute Gasteiger partial charge is 0.322 e. The molecular weight excluding hydrogens is 412 g/mol. The van der Waals surface area contributed by atoms with Crippen LogP contribution >= 0.6 is 0 Å². The van der Waals surface area contributed by atoms with E-state index in [-0.39, 0.29) is 19.1 Å². The van der Waals surface area contributed by atoms with Gasteiger partial charge >= 0.3 is 6.03 Å². The second kappa shape index (κ2) is 7.52. The third-order valence-electron chi connectivity index (χ3n) is 5.82. The second-order valence-electron chi connectivity index (χ2n) is 7.78. The van der Waals surface area contributed by atoms with Gasteiger partial charge in [0, 0.05) is 17.7 Å². The van der Waals surface area contributed by atoms with Crippen molar-refractivity contribution in [2.75, 3.05) is 6.54 Å². The number of carbonyl (C=O) groups is 3. The number of carbonyl (C=O) groups excluding carboxylic acids is 3. The normalized spacial score (nSPS) is 19.7. The molecule has 1 atom stereocenters. The first-order chi connectivity index (χ1) is 15.5. The van der Waals surface area contributed by atoms with E-state index in [4.69, 9.17) is 9.15 Å². The summed E-state index contributed by atoms with van der Waals surface area (Å²) < 4.78 is 11.3. The van der Waals surface area contributed by atoms with Crippen LogP contribution in [0, 0.1) is 6.92 Å². The average molecular weight is 432 g/mol. The molecule has 0 saturated carbocycles. The number of para-hydroxylation sites is 1. The Labute approximate surface area is 183 Å². The summed E-state index contributed by atoms with van der Waals surface area (Å²) in [6.07, 6.45) is 1.34. The maximum Gasteiger partial charge on any atom is 0.322 e. The highest BCUT2D eigenvalue weighted by molar-refractivity contribution is 6.08. The Hall–Kier alpha value is -4.14. The second-order valence-corrected chi connectivity index (χ2v) is 7.78. The fourth-order valence-electron chi connectivity index (χ4n) is 4.16. The molecule has 162 valence electrons. The van der Waals surface area contributed by atoms with Crippen molar-refractivity contribution < 1.29 is 23.5 Å². The number of nitrogens with one attached hydrogen (secondary N) is 2. The van der Waals surface area contributed by atoms with Crippen LogP contribution in [0.5, 0.6) is 5.75 Å². The molecule has 2 aromatic carbocycles. The van der Waals surface area contributed by atoms with Gasteiger partial charge in [0.25, 0.3) is 11.8 Å². The van der Waals surface area contributed by atoms with Gasteiger partial charge in [-0.1, -0.05) is 36.4 Å². The lowest BCUT2D eigenvalue weighted by molar-refractivity contribution is -0.124. The zero-order valence-corrected chi connectivity index (χ0v) is 17.3. The minimum absolute atomic E-state index is 0.0419. The molecule has 1 aromatic heterocycles. The summed E-state index contributed by atoms with van der Waals surface area (Å²) in [5.41, 5.74) is 1.12. The third-order valence-corrected chi connectivity index (χ3v) is 5.82. The molecule has 2 N–H and O–H groups in total. The van der Waals surface area contributed by atoms with E-state index in [0.717, 1.165) is 5.56 Å². The summed E-state index contributed by atoms with van der Waals surface area (Å²) in [5, 5.41) is 5.05. The molecule has 0 aliphatic carbocycles. The van der Waals surface area contributed by atoms with Crippen LogP contribution in [0.15, 0.2) is 59.3 Å². The van der Waals surface area contributed by atoms with Crippen molar-refractivity contribution in [3.05, 3.63) is 83.1 Å². The summed E-state index contributed by atoms with van der Waals surface area (Å²) in [4.78, 5) is 43.9. The maximum atomic E-state index is 13.1. The van der Waals surface area contributed by atoms with Gasteiger partial charge in [0.15, 0.2) is 17.7 Å². The van der Waals surface area contributed by atoms with E-state index in [1.165, 1.54) is 6.39 Å².